The summed E-state index contributed by atoms with van der Waals surface area (Å²) in [6.07, 6.45) is 0.940. The molecule has 0 atom stereocenters. The van der Waals surface area contributed by atoms with E-state index in [1.54, 1.807) is 12.1 Å². The summed E-state index contributed by atoms with van der Waals surface area (Å²) in [4.78, 5) is 11.0. The summed E-state index contributed by atoms with van der Waals surface area (Å²) in [6, 6.07) is 10.6. The maximum atomic E-state index is 11.0. The number of carboxylic acid groups (broad SMARTS) is 1. The van der Waals surface area contributed by atoms with Gasteiger partial charge in [-0.2, -0.15) is 0 Å². The van der Waals surface area contributed by atoms with Crippen molar-refractivity contribution in [1.82, 2.24) is 0 Å². The molecule has 4 nitrogen and oxygen atoms in total. The van der Waals surface area contributed by atoms with E-state index in [1.807, 2.05) is 18.2 Å². The second-order valence-electron chi connectivity index (χ2n) is 4.95. The van der Waals surface area contributed by atoms with Crippen molar-refractivity contribution in [2.24, 2.45) is 0 Å². The molecule has 2 rings (SSSR count). The molecule has 0 heterocycles. The van der Waals surface area contributed by atoms with Crippen LogP contribution in [0, 0.1) is 0 Å². The average molecular weight is 399 g/mol. The Morgan fingerprint density at radius 3 is 2.74 bits per heavy atom. The maximum Gasteiger partial charge on any atom is 0.337 e. The summed E-state index contributed by atoms with van der Waals surface area (Å²) in [7, 11) is 0. The highest BCUT2D eigenvalue weighted by Crippen LogP contribution is 2.26. The van der Waals surface area contributed by atoms with Gasteiger partial charge in [0.2, 0.25) is 0 Å². The highest BCUT2D eigenvalue weighted by molar-refractivity contribution is 9.10. The van der Waals surface area contributed by atoms with Crippen molar-refractivity contribution < 1.29 is 14.6 Å². The fourth-order valence-corrected chi connectivity index (χ4v) is 2.70. The highest BCUT2D eigenvalue weighted by atomic mass is 79.9. The number of hydrogen-bond donors (Lipinski definition) is 2. The van der Waals surface area contributed by atoms with Crippen molar-refractivity contribution in [2.45, 2.75) is 19.9 Å². The fraction of sp³-hybridized carbons (Fsp3) is 0.235. The largest absolute Gasteiger partial charge is 0.493 e. The molecule has 122 valence electrons. The number of halogens is 2. The van der Waals surface area contributed by atoms with Crippen LogP contribution in [0.1, 0.15) is 29.3 Å². The molecule has 0 aliphatic carbocycles. The lowest BCUT2D eigenvalue weighted by molar-refractivity contribution is 0.0697. The van der Waals surface area contributed by atoms with E-state index in [2.05, 4.69) is 28.2 Å². The molecule has 0 fully saturated rings. The minimum absolute atomic E-state index is 0.0895. The zero-order valence-electron chi connectivity index (χ0n) is 12.6. The Balaban J connectivity index is 2.12. The first-order chi connectivity index (χ1) is 11.0. The summed E-state index contributed by atoms with van der Waals surface area (Å²) >= 11 is 9.44. The van der Waals surface area contributed by atoms with Gasteiger partial charge in [-0.1, -0.05) is 34.5 Å². The van der Waals surface area contributed by atoms with Crippen molar-refractivity contribution in [3.63, 3.8) is 0 Å². The van der Waals surface area contributed by atoms with E-state index in [9.17, 15) is 4.79 Å². The summed E-state index contributed by atoms with van der Waals surface area (Å²) in [5.74, 6) is -0.209. The van der Waals surface area contributed by atoms with E-state index < -0.39 is 5.97 Å². The summed E-state index contributed by atoms with van der Waals surface area (Å²) in [6.45, 7) is 3.26. The molecule has 0 aliphatic rings. The van der Waals surface area contributed by atoms with Crippen LogP contribution in [-0.4, -0.2) is 17.7 Å². The Labute approximate surface area is 148 Å². The molecule has 0 aromatic heterocycles. The van der Waals surface area contributed by atoms with Gasteiger partial charge in [-0.25, -0.2) is 4.79 Å². The predicted molar refractivity (Wildman–Crippen MR) is 95.7 cm³/mol. The van der Waals surface area contributed by atoms with Gasteiger partial charge in [-0.05, 0) is 42.8 Å². The third kappa shape index (κ3) is 4.88. The predicted octanol–water partition coefficient (Wildman–Crippen LogP) is 5.20. The van der Waals surface area contributed by atoms with Crippen molar-refractivity contribution in [1.29, 1.82) is 0 Å². The maximum absolute atomic E-state index is 11.0. The summed E-state index contributed by atoms with van der Waals surface area (Å²) in [5.41, 5.74) is 1.85. The van der Waals surface area contributed by atoms with Crippen LogP contribution >= 0.6 is 27.5 Å². The zero-order valence-corrected chi connectivity index (χ0v) is 14.9. The van der Waals surface area contributed by atoms with Crippen LogP contribution in [0.2, 0.25) is 5.02 Å². The Kier molecular flexibility index (Phi) is 6.30. The van der Waals surface area contributed by atoms with Gasteiger partial charge in [0.15, 0.2) is 0 Å². The first kappa shape index (κ1) is 17.6. The number of nitrogens with one attached hydrogen (secondary N) is 1. The Morgan fingerprint density at radius 1 is 1.30 bits per heavy atom. The van der Waals surface area contributed by atoms with Gasteiger partial charge in [0.25, 0.3) is 0 Å². The standard InChI is InChI=1S/C17H17BrClNO3/c1-2-7-23-16-6-3-12(18)8-11(16)10-20-13-4-5-14(17(21)22)15(19)9-13/h3-6,8-9,20H,2,7,10H2,1H3,(H,21,22). The number of anilines is 1. The monoisotopic (exact) mass is 397 g/mol. The minimum Gasteiger partial charge on any atom is -0.493 e. The van der Waals surface area contributed by atoms with Crippen LogP contribution in [0.4, 0.5) is 5.69 Å². The highest BCUT2D eigenvalue weighted by Gasteiger charge is 2.09. The minimum atomic E-state index is -1.04. The van der Waals surface area contributed by atoms with E-state index in [0.717, 1.165) is 27.9 Å². The number of ether oxygens (including phenoxy) is 1. The molecule has 0 aliphatic heterocycles. The lowest BCUT2D eigenvalue weighted by Crippen LogP contribution is -2.05. The summed E-state index contributed by atoms with van der Waals surface area (Å²) in [5, 5.41) is 12.4. The van der Waals surface area contributed by atoms with E-state index in [1.165, 1.54) is 6.07 Å². The molecule has 6 heteroatoms. The molecule has 23 heavy (non-hydrogen) atoms. The van der Waals surface area contributed by atoms with Crippen LogP contribution in [0.5, 0.6) is 5.75 Å². The number of carbonyl (C=O) groups is 1. The Morgan fingerprint density at radius 2 is 2.09 bits per heavy atom. The quantitative estimate of drug-likeness (QED) is 0.673. The van der Waals surface area contributed by atoms with Crippen LogP contribution in [0.25, 0.3) is 0 Å². The van der Waals surface area contributed by atoms with Crippen molar-refractivity contribution in [3.8, 4) is 5.75 Å². The normalized spacial score (nSPS) is 10.4. The van der Waals surface area contributed by atoms with Gasteiger partial charge in [-0.15, -0.1) is 0 Å². The van der Waals surface area contributed by atoms with Crippen molar-refractivity contribution in [3.05, 3.63) is 57.0 Å². The number of aromatic carboxylic acids is 1. The van der Waals surface area contributed by atoms with Gasteiger partial charge in [0, 0.05) is 22.3 Å². The number of rotatable bonds is 7. The van der Waals surface area contributed by atoms with Crippen LogP contribution in [0.3, 0.4) is 0 Å². The van der Waals surface area contributed by atoms with Gasteiger partial charge in [0.1, 0.15) is 5.75 Å². The Bertz CT molecular complexity index is 706. The Hall–Kier alpha value is -1.72. The molecule has 0 saturated heterocycles. The molecule has 0 bridgehead atoms. The molecule has 0 unspecified atom stereocenters. The van der Waals surface area contributed by atoms with Crippen molar-refractivity contribution in [2.75, 3.05) is 11.9 Å². The molecule has 2 N–H and O–H groups in total. The zero-order chi connectivity index (χ0) is 16.8. The second-order valence-corrected chi connectivity index (χ2v) is 6.28. The second kappa shape index (κ2) is 8.22. The van der Waals surface area contributed by atoms with E-state index in [4.69, 9.17) is 21.4 Å². The lowest BCUT2D eigenvalue weighted by Gasteiger charge is -2.13. The molecular weight excluding hydrogens is 382 g/mol. The third-order valence-electron chi connectivity index (χ3n) is 3.17. The molecule has 2 aromatic rings. The van der Waals surface area contributed by atoms with Crippen LogP contribution < -0.4 is 10.1 Å². The van der Waals surface area contributed by atoms with Crippen LogP contribution in [0.15, 0.2) is 40.9 Å². The molecule has 0 spiro atoms. The fourth-order valence-electron chi connectivity index (χ4n) is 2.03. The number of hydrogen-bond acceptors (Lipinski definition) is 3. The smallest absolute Gasteiger partial charge is 0.337 e. The third-order valence-corrected chi connectivity index (χ3v) is 3.97. The number of benzene rings is 2. The molecule has 0 radical (unpaired) electrons. The van der Waals surface area contributed by atoms with E-state index >= 15 is 0 Å². The first-order valence-corrected chi connectivity index (χ1v) is 8.36. The molecule has 2 aromatic carbocycles. The SMILES string of the molecule is CCCOc1ccc(Br)cc1CNc1ccc(C(=O)O)c(Cl)c1. The van der Waals surface area contributed by atoms with Gasteiger partial charge in [-0.3, -0.25) is 0 Å². The van der Waals surface area contributed by atoms with E-state index in [-0.39, 0.29) is 10.6 Å². The molecule has 0 saturated carbocycles. The number of carboxylic acids is 1. The average Bonchev–Trinajstić information content (AvgIpc) is 2.51. The van der Waals surface area contributed by atoms with Gasteiger partial charge in [0.05, 0.1) is 17.2 Å². The lowest BCUT2D eigenvalue weighted by atomic mass is 10.1. The topological polar surface area (TPSA) is 58.6 Å². The van der Waals surface area contributed by atoms with Gasteiger partial charge < -0.3 is 15.2 Å². The first-order valence-electron chi connectivity index (χ1n) is 7.19. The molecule has 0 amide bonds. The summed E-state index contributed by atoms with van der Waals surface area (Å²) < 4.78 is 6.71. The van der Waals surface area contributed by atoms with E-state index in [0.29, 0.717) is 13.2 Å². The molecular formula is C17H17BrClNO3. The van der Waals surface area contributed by atoms with Gasteiger partial charge >= 0.3 is 5.97 Å². The van der Waals surface area contributed by atoms with Crippen LogP contribution in [-0.2, 0) is 6.54 Å². The van der Waals surface area contributed by atoms with Crippen molar-refractivity contribution >= 4 is 39.2 Å².